The Morgan fingerprint density at radius 3 is 2.73 bits per heavy atom. The van der Waals surface area contributed by atoms with E-state index in [1.807, 2.05) is 0 Å². The molecule has 5 heteroatoms. The third-order valence-electron chi connectivity index (χ3n) is 0.782. The molecule has 0 heterocycles. The number of carbonyl (C=O) groups excluding carboxylic acids is 2. The van der Waals surface area contributed by atoms with E-state index in [1.54, 1.807) is 0 Å². The summed E-state index contributed by atoms with van der Waals surface area (Å²) >= 11 is 2.74. The standard InChI is InChI=1S/C6H6BrNO3/c1-11-6(10)4-8-5(9)2-3-7/h4H2,1H3,(H,8,9). The van der Waals surface area contributed by atoms with Crippen LogP contribution in [0.25, 0.3) is 0 Å². The number of ether oxygens (including phenoxy) is 1. The van der Waals surface area contributed by atoms with Crippen molar-refractivity contribution >= 4 is 27.8 Å². The first-order chi connectivity index (χ1) is 5.20. The Bertz CT molecular complexity index is 216. The molecule has 0 aromatic carbocycles. The second-order valence-corrected chi connectivity index (χ2v) is 1.87. The maximum Gasteiger partial charge on any atom is 0.325 e. The maximum atomic E-state index is 10.5. The molecule has 0 radical (unpaired) electrons. The van der Waals surface area contributed by atoms with E-state index >= 15 is 0 Å². The molecule has 0 rings (SSSR count). The molecule has 0 aromatic rings. The van der Waals surface area contributed by atoms with Crippen LogP contribution in [0.2, 0.25) is 0 Å². The number of nitrogens with one attached hydrogen (secondary N) is 1. The fourth-order valence-corrected chi connectivity index (χ4v) is 0.492. The number of hydrogen-bond acceptors (Lipinski definition) is 3. The predicted octanol–water partition coefficient (Wildman–Crippen LogP) is -0.369. The van der Waals surface area contributed by atoms with Crippen molar-refractivity contribution in [1.29, 1.82) is 0 Å². The third kappa shape index (κ3) is 5.43. The minimum Gasteiger partial charge on any atom is -0.468 e. The van der Waals surface area contributed by atoms with Crippen LogP contribution in [-0.4, -0.2) is 25.5 Å². The Balaban J connectivity index is 3.60. The van der Waals surface area contributed by atoms with Crippen molar-refractivity contribution in [1.82, 2.24) is 5.32 Å². The highest BCUT2D eigenvalue weighted by atomic mass is 79.9. The predicted molar refractivity (Wildman–Crippen MR) is 41.7 cm³/mol. The van der Waals surface area contributed by atoms with Gasteiger partial charge in [0, 0.05) is 21.9 Å². The number of halogens is 1. The first kappa shape index (κ1) is 9.98. The van der Waals surface area contributed by atoms with Crippen LogP contribution >= 0.6 is 15.9 Å². The van der Waals surface area contributed by atoms with E-state index in [9.17, 15) is 9.59 Å². The Hall–Kier alpha value is -1.02. The van der Waals surface area contributed by atoms with Gasteiger partial charge >= 0.3 is 5.97 Å². The van der Waals surface area contributed by atoms with Gasteiger partial charge in [0.15, 0.2) is 0 Å². The van der Waals surface area contributed by atoms with Gasteiger partial charge in [-0.3, -0.25) is 9.59 Å². The van der Waals surface area contributed by atoms with Gasteiger partial charge in [-0.15, -0.1) is 0 Å². The SMILES string of the molecule is COC(=O)CNC(=O)C#CBr. The lowest BCUT2D eigenvalue weighted by atomic mass is 10.5. The summed E-state index contributed by atoms with van der Waals surface area (Å²) in [6.45, 7) is -0.156. The Morgan fingerprint density at radius 1 is 1.64 bits per heavy atom. The Labute approximate surface area is 72.4 Å². The number of hydrogen-bond donors (Lipinski definition) is 1. The lowest BCUT2D eigenvalue weighted by Crippen LogP contribution is -2.28. The first-order valence-electron chi connectivity index (χ1n) is 2.67. The zero-order valence-electron chi connectivity index (χ0n) is 5.81. The van der Waals surface area contributed by atoms with Crippen LogP contribution in [0.15, 0.2) is 0 Å². The van der Waals surface area contributed by atoms with Gasteiger partial charge < -0.3 is 10.1 Å². The summed E-state index contributed by atoms with van der Waals surface area (Å²) in [5, 5.41) is 2.22. The summed E-state index contributed by atoms with van der Waals surface area (Å²) in [5.41, 5.74) is 0. The molecule has 60 valence electrons. The monoisotopic (exact) mass is 219 g/mol. The number of methoxy groups -OCH3 is 1. The highest BCUT2D eigenvalue weighted by Crippen LogP contribution is 1.72. The second kappa shape index (κ2) is 5.74. The van der Waals surface area contributed by atoms with Crippen LogP contribution in [0.3, 0.4) is 0 Å². The number of esters is 1. The van der Waals surface area contributed by atoms with Crippen molar-refractivity contribution in [3.63, 3.8) is 0 Å². The van der Waals surface area contributed by atoms with E-state index in [2.05, 4.69) is 36.7 Å². The highest BCUT2D eigenvalue weighted by Gasteiger charge is 2.00. The molecule has 0 fully saturated rings. The Morgan fingerprint density at radius 2 is 2.27 bits per heavy atom. The van der Waals surface area contributed by atoms with Crippen molar-refractivity contribution in [2.24, 2.45) is 0 Å². The van der Waals surface area contributed by atoms with Gasteiger partial charge in [0.1, 0.15) is 6.54 Å². The van der Waals surface area contributed by atoms with Gasteiger partial charge in [-0.2, -0.15) is 0 Å². The number of amides is 1. The van der Waals surface area contributed by atoms with E-state index < -0.39 is 11.9 Å². The molecular formula is C6H6BrNO3. The van der Waals surface area contributed by atoms with E-state index in [-0.39, 0.29) is 6.54 Å². The molecule has 1 amide bonds. The van der Waals surface area contributed by atoms with Crippen LogP contribution < -0.4 is 5.32 Å². The van der Waals surface area contributed by atoms with Gasteiger partial charge in [0.05, 0.1) is 7.11 Å². The summed E-state index contributed by atoms with van der Waals surface area (Å²) < 4.78 is 4.27. The molecule has 0 aliphatic rings. The molecule has 0 aromatic heterocycles. The summed E-state index contributed by atoms with van der Waals surface area (Å²) in [5.74, 6) is 1.11. The van der Waals surface area contributed by atoms with Crippen molar-refractivity contribution in [3.05, 3.63) is 0 Å². The Kier molecular flexibility index (Phi) is 5.21. The molecule has 0 saturated carbocycles. The third-order valence-corrected chi connectivity index (χ3v) is 0.980. The molecule has 4 nitrogen and oxygen atoms in total. The average molecular weight is 220 g/mol. The lowest BCUT2D eigenvalue weighted by Gasteiger charge is -1.97. The second-order valence-electron chi connectivity index (χ2n) is 1.48. The van der Waals surface area contributed by atoms with Crippen molar-refractivity contribution < 1.29 is 14.3 Å². The van der Waals surface area contributed by atoms with Crippen LogP contribution in [0.5, 0.6) is 0 Å². The number of rotatable bonds is 2. The van der Waals surface area contributed by atoms with Crippen molar-refractivity contribution in [2.75, 3.05) is 13.7 Å². The van der Waals surface area contributed by atoms with E-state index in [0.717, 1.165) is 0 Å². The van der Waals surface area contributed by atoms with Crippen molar-refractivity contribution in [2.45, 2.75) is 0 Å². The highest BCUT2D eigenvalue weighted by molar-refractivity contribution is 9.12. The van der Waals surface area contributed by atoms with Gasteiger partial charge in [0.25, 0.3) is 5.91 Å². The van der Waals surface area contributed by atoms with Crippen LogP contribution in [-0.2, 0) is 14.3 Å². The summed E-state index contributed by atoms with van der Waals surface area (Å²) in [7, 11) is 1.24. The van der Waals surface area contributed by atoms with Crippen molar-refractivity contribution in [3.8, 4) is 10.8 Å². The minimum atomic E-state index is -0.521. The van der Waals surface area contributed by atoms with Crippen LogP contribution in [0, 0.1) is 10.8 Å². The summed E-state index contributed by atoms with van der Waals surface area (Å²) in [6, 6.07) is 0. The molecule has 0 aliphatic heterocycles. The summed E-state index contributed by atoms with van der Waals surface area (Å²) in [6.07, 6.45) is 0. The fourth-order valence-electron chi connectivity index (χ4n) is 0.312. The topological polar surface area (TPSA) is 55.4 Å². The van der Waals surface area contributed by atoms with E-state index in [4.69, 9.17) is 0 Å². The molecule has 11 heavy (non-hydrogen) atoms. The van der Waals surface area contributed by atoms with E-state index in [1.165, 1.54) is 7.11 Å². The molecule has 0 atom stereocenters. The largest absolute Gasteiger partial charge is 0.468 e. The molecule has 0 saturated heterocycles. The molecule has 1 N–H and O–H groups in total. The molecule has 0 aliphatic carbocycles. The normalized spacial score (nSPS) is 7.45. The van der Waals surface area contributed by atoms with Crippen LogP contribution in [0.1, 0.15) is 0 Å². The van der Waals surface area contributed by atoms with E-state index in [0.29, 0.717) is 0 Å². The first-order valence-corrected chi connectivity index (χ1v) is 3.46. The minimum absolute atomic E-state index is 0.156. The smallest absolute Gasteiger partial charge is 0.325 e. The zero-order chi connectivity index (χ0) is 8.69. The average Bonchev–Trinajstić information content (AvgIpc) is 2.01. The lowest BCUT2D eigenvalue weighted by molar-refractivity contribution is -0.140. The van der Waals surface area contributed by atoms with Gasteiger partial charge in [-0.1, -0.05) is 0 Å². The van der Waals surface area contributed by atoms with Gasteiger partial charge in [0.2, 0.25) is 0 Å². The molecular weight excluding hydrogens is 214 g/mol. The van der Waals surface area contributed by atoms with Gasteiger partial charge in [-0.25, -0.2) is 0 Å². The van der Waals surface area contributed by atoms with Crippen LogP contribution in [0.4, 0.5) is 0 Å². The fraction of sp³-hybridized carbons (Fsp3) is 0.333. The number of carbonyl (C=O) groups is 2. The zero-order valence-corrected chi connectivity index (χ0v) is 7.40. The van der Waals surface area contributed by atoms with Gasteiger partial charge in [-0.05, 0) is 4.83 Å². The molecule has 0 spiro atoms. The molecule has 0 unspecified atom stereocenters. The summed E-state index contributed by atoms with van der Waals surface area (Å²) in [4.78, 5) is 23.2. The maximum absolute atomic E-state index is 10.5. The quantitative estimate of drug-likeness (QED) is 0.510. The molecule has 0 bridgehead atoms.